The third-order valence-corrected chi connectivity index (χ3v) is 9.62. The van der Waals surface area contributed by atoms with Crippen molar-refractivity contribution in [1.29, 1.82) is 0 Å². The van der Waals surface area contributed by atoms with E-state index in [2.05, 4.69) is 15.0 Å². The molecule has 0 saturated carbocycles. The van der Waals surface area contributed by atoms with Crippen molar-refractivity contribution in [1.82, 2.24) is 14.5 Å². The van der Waals surface area contributed by atoms with Gasteiger partial charge in [-0.25, -0.2) is 19.6 Å². The van der Waals surface area contributed by atoms with Gasteiger partial charge in [0.2, 0.25) is 6.29 Å². The Morgan fingerprint density at radius 1 is 0.873 bits per heavy atom. The number of amidine groups is 1. The number of hydrogen-bond acceptors (Lipinski definition) is 15. The molecule has 2 aromatic heterocycles. The number of nitrogens with two attached hydrogens (primary N) is 1. The lowest BCUT2D eigenvalue weighted by molar-refractivity contribution is -0.344. The summed E-state index contributed by atoms with van der Waals surface area (Å²) in [5.74, 6) is -1.40. The molecule has 19 heteroatoms. The number of carbonyl (C=O) groups is 4. The number of benzene rings is 3. The Hall–Kier alpha value is -6.77. The lowest BCUT2D eigenvalue weighted by Crippen LogP contribution is -2.59. The van der Waals surface area contributed by atoms with E-state index in [0.717, 1.165) is 5.56 Å². The van der Waals surface area contributed by atoms with Gasteiger partial charge in [0.15, 0.2) is 12.1 Å². The number of aryl methyl sites for hydroxylation is 1. The fourth-order valence-electron chi connectivity index (χ4n) is 6.41. The molecule has 5 aromatic rings. The number of carbonyl (C=O) groups excluding carboxylic acids is 4. The second-order valence-electron chi connectivity index (χ2n) is 15.5. The Balaban J connectivity index is 1.19. The van der Waals surface area contributed by atoms with E-state index < -0.39 is 60.4 Å². The molecule has 1 aliphatic heterocycles. The largest absolute Gasteiger partial charge is 0.443 e. The van der Waals surface area contributed by atoms with Gasteiger partial charge in [0.25, 0.3) is 5.91 Å². The van der Waals surface area contributed by atoms with Gasteiger partial charge in [-0.05, 0) is 80.9 Å². The van der Waals surface area contributed by atoms with E-state index in [0.29, 0.717) is 28.1 Å². The Morgan fingerprint density at radius 2 is 1.56 bits per heavy atom. The van der Waals surface area contributed by atoms with Crippen molar-refractivity contribution < 1.29 is 58.3 Å². The molecule has 0 aliphatic carbocycles. The zero-order chi connectivity index (χ0) is 45.4. The average Bonchev–Trinajstić information content (AvgIpc) is 3.58. The van der Waals surface area contributed by atoms with E-state index >= 15 is 0 Å². The van der Waals surface area contributed by atoms with Crippen LogP contribution in [-0.2, 0) is 53.6 Å². The van der Waals surface area contributed by atoms with Crippen molar-refractivity contribution in [3.63, 3.8) is 0 Å². The van der Waals surface area contributed by atoms with Crippen LogP contribution in [0.5, 0.6) is 0 Å². The molecule has 0 bridgehead atoms. The maximum atomic E-state index is 14.2. The Kier molecular flexibility index (Phi) is 14.5. The van der Waals surface area contributed by atoms with Crippen LogP contribution in [0.3, 0.4) is 0 Å². The molecular weight excluding hydrogens is 819 g/mol. The van der Waals surface area contributed by atoms with Crippen LogP contribution < -0.4 is 15.5 Å². The number of ether oxygens (including phenoxy) is 4. The van der Waals surface area contributed by atoms with E-state index in [-0.39, 0.29) is 43.3 Å². The first-order valence-electron chi connectivity index (χ1n) is 19.8. The van der Waals surface area contributed by atoms with Crippen LogP contribution in [0.4, 0.5) is 16.3 Å². The molecule has 0 spiro atoms. The van der Waals surface area contributed by atoms with Crippen molar-refractivity contribution in [3.8, 4) is 0 Å². The first-order valence-corrected chi connectivity index (χ1v) is 19.8. The van der Waals surface area contributed by atoms with Gasteiger partial charge in [-0.2, -0.15) is 0 Å². The molecule has 5 N–H and O–H groups in total. The standard InChI is InChI=1S/C44H49N7O12/c1-26(52)63-48-39(45)28-14-17-30(18-15-28)51(43(58)62-44(2,3)4)24-34-47-31-23-29(16-19-32(31)49(34)5)40(57)50(33-13-9-10-21-46-33)22-20-35(53)60-42-38(56)36(54)37(55)41(61-42)59-25-27-11-7-6-8-12-27/h6-19,21,23,36-38,41-42,54-56H,20,22,24-25H2,1-5H3,(H2,45,48). The Labute approximate surface area is 362 Å². The number of nitrogens with zero attached hydrogens (tertiary/aromatic N) is 6. The molecule has 19 nitrogen and oxygen atoms in total. The Morgan fingerprint density at radius 3 is 2.22 bits per heavy atom. The monoisotopic (exact) mass is 867 g/mol. The third-order valence-electron chi connectivity index (χ3n) is 9.62. The van der Waals surface area contributed by atoms with Crippen molar-refractivity contribution in [2.24, 2.45) is 17.9 Å². The number of esters is 1. The highest BCUT2D eigenvalue weighted by atomic mass is 16.8. The topological polar surface area (TPSA) is 251 Å². The number of amides is 2. The molecule has 1 aliphatic rings. The third kappa shape index (κ3) is 11.6. The summed E-state index contributed by atoms with van der Waals surface area (Å²) in [7, 11) is 1.77. The second kappa shape index (κ2) is 20.0. The summed E-state index contributed by atoms with van der Waals surface area (Å²) in [5, 5.41) is 35.2. The minimum Gasteiger partial charge on any atom is -0.443 e. The molecule has 3 aromatic carbocycles. The predicted octanol–water partition coefficient (Wildman–Crippen LogP) is 3.66. The molecule has 5 atom stereocenters. The molecule has 1 saturated heterocycles. The lowest BCUT2D eigenvalue weighted by Gasteiger charge is -2.39. The van der Waals surface area contributed by atoms with Crippen molar-refractivity contribution in [2.75, 3.05) is 16.3 Å². The van der Waals surface area contributed by atoms with Gasteiger partial charge in [-0.15, -0.1) is 0 Å². The molecule has 5 unspecified atom stereocenters. The maximum absolute atomic E-state index is 14.2. The number of hydrogen-bond donors (Lipinski definition) is 4. The summed E-state index contributed by atoms with van der Waals surface area (Å²) >= 11 is 0. The molecule has 6 rings (SSSR count). The van der Waals surface area contributed by atoms with Gasteiger partial charge in [0, 0.05) is 43.5 Å². The van der Waals surface area contributed by atoms with Crippen LogP contribution in [0.1, 0.15) is 61.4 Å². The average molecular weight is 868 g/mol. The van der Waals surface area contributed by atoms with Gasteiger partial charge in [0.1, 0.15) is 35.6 Å². The normalized spacial score (nSPS) is 19.0. The van der Waals surface area contributed by atoms with Crippen LogP contribution >= 0.6 is 0 Å². The number of pyridine rings is 1. The summed E-state index contributed by atoms with van der Waals surface area (Å²) in [4.78, 5) is 68.7. The van der Waals surface area contributed by atoms with Crippen LogP contribution in [0.15, 0.2) is 102 Å². The first-order chi connectivity index (χ1) is 30.0. The molecule has 3 heterocycles. The highest BCUT2D eigenvalue weighted by Gasteiger charge is 2.46. The quantitative estimate of drug-likeness (QED) is 0.0409. The summed E-state index contributed by atoms with van der Waals surface area (Å²) in [6, 6.07) is 25.3. The SMILES string of the molecule is CC(=O)O/N=C(\N)c1ccc(N(Cc2nc3cc(C(=O)N(CCC(=O)OC4OC(OCc5ccccc5)C(O)C(O)C4O)c4ccccn4)ccc3n2C)C(=O)OC(C)(C)C)cc1. The highest BCUT2D eigenvalue weighted by molar-refractivity contribution is 6.07. The predicted molar refractivity (Wildman–Crippen MR) is 227 cm³/mol. The van der Waals surface area contributed by atoms with Crippen LogP contribution in [0.2, 0.25) is 0 Å². The van der Waals surface area contributed by atoms with Gasteiger partial charge in [-0.3, -0.25) is 19.4 Å². The van der Waals surface area contributed by atoms with E-state index in [1.165, 1.54) is 22.9 Å². The summed E-state index contributed by atoms with van der Waals surface area (Å²) < 4.78 is 24.1. The summed E-state index contributed by atoms with van der Waals surface area (Å²) in [6.45, 7) is 6.18. The number of oxime groups is 1. The van der Waals surface area contributed by atoms with E-state index in [1.807, 2.05) is 6.07 Å². The van der Waals surface area contributed by atoms with Gasteiger partial charge in [0.05, 0.1) is 30.6 Å². The van der Waals surface area contributed by atoms with Crippen LogP contribution in [-0.4, -0.2) is 103 Å². The van der Waals surface area contributed by atoms with Crippen LogP contribution in [0.25, 0.3) is 11.0 Å². The van der Waals surface area contributed by atoms with Crippen LogP contribution in [0, 0.1) is 0 Å². The Bertz CT molecular complexity index is 2420. The number of fused-ring (bicyclic) bond motifs is 1. The number of aromatic nitrogens is 3. The molecule has 0 radical (unpaired) electrons. The second-order valence-corrected chi connectivity index (χ2v) is 15.5. The maximum Gasteiger partial charge on any atom is 0.415 e. The number of aliphatic hydroxyl groups excluding tert-OH is 3. The number of imidazole rings is 1. The van der Waals surface area contributed by atoms with E-state index in [9.17, 15) is 34.5 Å². The molecule has 2 amide bonds. The zero-order valence-corrected chi connectivity index (χ0v) is 35.2. The molecule has 63 heavy (non-hydrogen) atoms. The number of anilines is 2. The fraction of sp³-hybridized carbons (Fsp3) is 0.341. The fourth-order valence-corrected chi connectivity index (χ4v) is 6.41. The number of rotatable bonds is 14. The minimum atomic E-state index is -1.79. The number of aliphatic hydroxyl groups is 3. The van der Waals surface area contributed by atoms with Crippen molar-refractivity contribution >= 4 is 52.3 Å². The van der Waals surface area contributed by atoms with Crippen molar-refractivity contribution in [2.45, 2.75) is 83.8 Å². The van der Waals surface area contributed by atoms with Gasteiger partial charge in [-0.1, -0.05) is 41.6 Å². The highest BCUT2D eigenvalue weighted by Crippen LogP contribution is 2.27. The summed E-state index contributed by atoms with van der Waals surface area (Å²) in [6.07, 6.45) is -7.83. The molecule has 332 valence electrons. The first kappa shape index (κ1) is 45.7. The van der Waals surface area contributed by atoms with E-state index in [4.69, 9.17) is 29.7 Å². The molecular formula is C44H49N7O12. The van der Waals surface area contributed by atoms with Gasteiger partial charge < -0.3 is 49.4 Å². The minimum absolute atomic E-state index is 0.00657. The van der Waals surface area contributed by atoms with Crippen molar-refractivity contribution in [3.05, 3.63) is 120 Å². The lowest BCUT2D eigenvalue weighted by atomic mass is 10.0. The molecule has 1 fully saturated rings. The smallest absolute Gasteiger partial charge is 0.415 e. The zero-order valence-electron chi connectivity index (χ0n) is 35.2. The van der Waals surface area contributed by atoms with E-state index in [1.54, 1.807) is 117 Å². The summed E-state index contributed by atoms with van der Waals surface area (Å²) in [5.41, 5.74) is 8.06. The van der Waals surface area contributed by atoms with Gasteiger partial charge >= 0.3 is 18.0 Å².